The molecule has 2 unspecified atom stereocenters. The van der Waals surface area contributed by atoms with Gasteiger partial charge in [-0.15, -0.1) is 0 Å². The normalized spacial score (nSPS) is 26.9. The van der Waals surface area contributed by atoms with Crippen molar-refractivity contribution in [3.05, 3.63) is 34.9 Å². The topological polar surface area (TPSA) is 0 Å². The zero-order valence-electron chi connectivity index (χ0n) is 7.41. The summed E-state index contributed by atoms with van der Waals surface area (Å²) in [5.74, 6) is 2.52. The van der Waals surface area contributed by atoms with Gasteiger partial charge in [-0.05, 0) is 48.1 Å². The van der Waals surface area contributed by atoms with Crippen LogP contribution in [-0.4, -0.2) is 5.75 Å². The number of rotatable bonds is 2. The zero-order chi connectivity index (χ0) is 9.26. The van der Waals surface area contributed by atoms with Gasteiger partial charge in [0.2, 0.25) is 0 Å². The molecule has 70 valence electrons. The van der Waals surface area contributed by atoms with E-state index in [4.69, 9.17) is 11.6 Å². The van der Waals surface area contributed by atoms with Crippen molar-refractivity contribution >= 4 is 24.2 Å². The van der Waals surface area contributed by atoms with Crippen molar-refractivity contribution in [1.29, 1.82) is 0 Å². The second kappa shape index (κ2) is 3.93. The first kappa shape index (κ1) is 9.42. The van der Waals surface area contributed by atoms with Crippen LogP contribution in [0.1, 0.15) is 24.3 Å². The molecule has 1 fully saturated rings. The molecule has 2 rings (SSSR count). The van der Waals surface area contributed by atoms with Gasteiger partial charge >= 0.3 is 0 Å². The van der Waals surface area contributed by atoms with Crippen LogP contribution in [0.15, 0.2) is 24.3 Å². The third-order valence-corrected chi connectivity index (χ3v) is 3.67. The SMILES string of the molecule is SCC1CCC1c1ccc(Cl)cc1. The van der Waals surface area contributed by atoms with E-state index in [1.54, 1.807) is 0 Å². The first-order valence-electron chi connectivity index (χ1n) is 4.67. The molecule has 2 atom stereocenters. The van der Waals surface area contributed by atoms with Crippen LogP contribution in [0.3, 0.4) is 0 Å². The molecule has 0 spiro atoms. The maximum Gasteiger partial charge on any atom is 0.0406 e. The largest absolute Gasteiger partial charge is 0.179 e. The van der Waals surface area contributed by atoms with Gasteiger partial charge in [-0.1, -0.05) is 23.7 Å². The fourth-order valence-corrected chi connectivity index (χ4v) is 2.50. The highest BCUT2D eigenvalue weighted by atomic mass is 35.5. The highest BCUT2D eigenvalue weighted by Gasteiger charge is 2.30. The molecule has 1 saturated carbocycles. The Kier molecular flexibility index (Phi) is 2.85. The Bertz CT molecular complexity index is 279. The Hall–Kier alpha value is -0.140. The number of benzene rings is 1. The summed E-state index contributed by atoms with van der Waals surface area (Å²) >= 11 is 10.2. The molecular weight excluding hydrogens is 200 g/mol. The van der Waals surface area contributed by atoms with E-state index in [2.05, 4.69) is 24.8 Å². The maximum absolute atomic E-state index is 5.83. The summed E-state index contributed by atoms with van der Waals surface area (Å²) < 4.78 is 0. The van der Waals surface area contributed by atoms with Crippen molar-refractivity contribution in [3.8, 4) is 0 Å². The summed E-state index contributed by atoms with van der Waals surface area (Å²) in [4.78, 5) is 0. The number of halogens is 1. The van der Waals surface area contributed by atoms with E-state index in [0.29, 0.717) is 0 Å². The number of thiol groups is 1. The lowest BCUT2D eigenvalue weighted by Crippen LogP contribution is -2.24. The monoisotopic (exact) mass is 212 g/mol. The Labute approximate surface area is 89.7 Å². The summed E-state index contributed by atoms with van der Waals surface area (Å²) in [5, 5.41) is 0.825. The average Bonchev–Trinajstić information content (AvgIpc) is 2.08. The van der Waals surface area contributed by atoms with Crippen LogP contribution < -0.4 is 0 Å². The molecule has 0 N–H and O–H groups in total. The summed E-state index contributed by atoms with van der Waals surface area (Å²) in [5.41, 5.74) is 1.43. The molecule has 0 aromatic heterocycles. The molecule has 0 heterocycles. The Morgan fingerprint density at radius 2 is 1.92 bits per heavy atom. The fourth-order valence-electron chi connectivity index (χ4n) is 1.94. The number of hydrogen-bond acceptors (Lipinski definition) is 1. The summed E-state index contributed by atoms with van der Waals surface area (Å²) in [6.45, 7) is 0. The van der Waals surface area contributed by atoms with E-state index in [-0.39, 0.29) is 0 Å². The van der Waals surface area contributed by atoms with Crippen LogP contribution in [0.5, 0.6) is 0 Å². The first-order chi connectivity index (χ1) is 6.31. The van der Waals surface area contributed by atoms with Gasteiger partial charge < -0.3 is 0 Å². The van der Waals surface area contributed by atoms with E-state index in [0.717, 1.165) is 22.6 Å². The predicted molar refractivity (Wildman–Crippen MR) is 60.8 cm³/mol. The predicted octanol–water partition coefficient (Wildman–Crippen LogP) is 3.76. The van der Waals surface area contributed by atoms with Gasteiger partial charge in [0.1, 0.15) is 0 Å². The van der Waals surface area contributed by atoms with Crippen molar-refractivity contribution in [2.24, 2.45) is 5.92 Å². The zero-order valence-corrected chi connectivity index (χ0v) is 9.06. The van der Waals surface area contributed by atoms with Crippen molar-refractivity contribution in [3.63, 3.8) is 0 Å². The van der Waals surface area contributed by atoms with Gasteiger partial charge in [0.15, 0.2) is 0 Å². The molecule has 0 aliphatic heterocycles. The minimum atomic E-state index is 0.731. The minimum Gasteiger partial charge on any atom is -0.179 e. The Balaban J connectivity index is 2.12. The van der Waals surface area contributed by atoms with Crippen molar-refractivity contribution in [1.82, 2.24) is 0 Å². The molecule has 0 nitrogen and oxygen atoms in total. The molecule has 1 aromatic rings. The molecule has 2 heteroatoms. The molecule has 13 heavy (non-hydrogen) atoms. The molecular formula is C11H13ClS. The van der Waals surface area contributed by atoms with Gasteiger partial charge in [0.05, 0.1) is 0 Å². The lowest BCUT2D eigenvalue weighted by molar-refractivity contribution is 0.287. The molecule has 0 radical (unpaired) electrons. The van der Waals surface area contributed by atoms with Crippen LogP contribution in [0.2, 0.25) is 5.02 Å². The van der Waals surface area contributed by atoms with Gasteiger partial charge in [0, 0.05) is 5.02 Å². The minimum absolute atomic E-state index is 0.731. The van der Waals surface area contributed by atoms with Crippen LogP contribution in [0.25, 0.3) is 0 Å². The van der Waals surface area contributed by atoms with E-state index >= 15 is 0 Å². The molecule has 0 saturated heterocycles. The van der Waals surface area contributed by atoms with Gasteiger partial charge in [-0.3, -0.25) is 0 Å². The quantitative estimate of drug-likeness (QED) is 0.710. The third kappa shape index (κ3) is 1.87. The number of hydrogen-bond donors (Lipinski definition) is 1. The van der Waals surface area contributed by atoms with Crippen molar-refractivity contribution in [2.75, 3.05) is 5.75 Å². The fraction of sp³-hybridized carbons (Fsp3) is 0.455. The van der Waals surface area contributed by atoms with Gasteiger partial charge in [-0.2, -0.15) is 12.6 Å². The van der Waals surface area contributed by atoms with Crippen molar-refractivity contribution in [2.45, 2.75) is 18.8 Å². The lowest BCUT2D eigenvalue weighted by atomic mass is 9.71. The molecule has 1 aliphatic carbocycles. The highest BCUT2D eigenvalue weighted by Crippen LogP contribution is 2.43. The van der Waals surface area contributed by atoms with E-state index in [9.17, 15) is 0 Å². The van der Waals surface area contributed by atoms with Crippen LogP contribution >= 0.6 is 24.2 Å². The second-order valence-corrected chi connectivity index (χ2v) is 4.48. The Morgan fingerprint density at radius 1 is 1.23 bits per heavy atom. The average molecular weight is 213 g/mol. The third-order valence-electron chi connectivity index (χ3n) is 2.95. The summed E-state index contributed by atoms with van der Waals surface area (Å²) in [6, 6.07) is 8.24. The van der Waals surface area contributed by atoms with E-state index < -0.39 is 0 Å². The van der Waals surface area contributed by atoms with E-state index in [1.807, 2.05) is 12.1 Å². The maximum atomic E-state index is 5.83. The van der Waals surface area contributed by atoms with Crippen LogP contribution in [-0.2, 0) is 0 Å². The summed E-state index contributed by atoms with van der Waals surface area (Å²) in [6.07, 6.45) is 2.64. The summed E-state index contributed by atoms with van der Waals surface area (Å²) in [7, 11) is 0. The molecule has 1 aromatic carbocycles. The van der Waals surface area contributed by atoms with E-state index in [1.165, 1.54) is 18.4 Å². The Morgan fingerprint density at radius 3 is 2.38 bits per heavy atom. The smallest absolute Gasteiger partial charge is 0.0406 e. The van der Waals surface area contributed by atoms with Crippen LogP contribution in [0.4, 0.5) is 0 Å². The van der Waals surface area contributed by atoms with Gasteiger partial charge in [0.25, 0.3) is 0 Å². The highest BCUT2D eigenvalue weighted by molar-refractivity contribution is 7.80. The molecule has 1 aliphatic rings. The first-order valence-corrected chi connectivity index (χ1v) is 5.68. The van der Waals surface area contributed by atoms with Gasteiger partial charge in [-0.25, -0.2) is 0 Å². The van der Waals surface area contributed by atoms with Crippen molar-refractivity contribution < 1.29 is 0 Å². The second-order valence-electron chi connectivity index (χ2n) is 3.68. The van der Waals surface area contributed by atoms with Crippen LogP contribution in [0, 0.1) is 5.92 Å². The molecule has 0 bridgehead atoms. The lowest BCUT2D eigenvalue weighted by Gasteiger charge is -2.36. The molecule has 0 amide bonds. The standard InChI is InChI=1S/C11H13ClS/c12-10-4-1-8(2-5-10)11-6-3-9(11)7-13/h1-2,4-5,9,11,13H,3,6-7H2.